The van der Waals surface area contributed by atoms with Gasteiger partial charge in [0.2, 0.25) is 0 Å². The topological polar surface area (TPSA) is 81.7 Å². The Hall–Kier alpha value is -1.86. The van der Waals surface area contributed by atoms with Gasteiger partial charge in [-0.1, -0.05) is 43.5 Å². The molecule has 1 N–H and O–H groups in total. The van der Waals surface area contributed by atoms with Crippen LogP contribution in [0.25, 0.3) is 0 Å². The van der Waals surface area contributed by atoms with Crippen molar-refractivity contribution in [2.24, 2.45) is 5.92 Å². The van der Waals surface area contributed by atoms with Crippen molar-refractivity contribution < 1.29 is 28.2 Å². The molecule has 0 radical (unpaired) electrons. The highest BCUT2D eigenvalue weighted by Gasteiger charge is 2.27. The number of amides is 1. The van der Waals surface area contributed by atoms with Crippen molar-refractivity contribution in [2.75, 3.05) is 13.7 Å². The first-order valence-electron chi connectivity index (χ1n) is 7.40. The smallest absolute Gasteiger partial charge is 0.340 e. The van der Waals surface area contributed by atoms with Crippen molar-refractivity contribution in [1.29, 1.82) is 0 Å². The van der Waals surface area contributed by atoms with Gasteiger partial charge in [-0.15, -0.1) is 0 Å². The number of esters is 2. The summed E-state index contributed by atoms with van der Waals surface area (Å²) in [6, 6.07) is 1.02. The van der Waals surface area contributed by atoms with E-state index in [-0.39, 0.29) is 21.5 Å². The second-order valence-corrected chi connectivity index (χ2v) is 6.09. The van der Waals surface area contributed by atoms with Crippen LogP contribution in [0.5, 0.6) is 0 Å². The number of hydrogen-bond acceptors (Lipinski definition) is 5. The van der Waals surface area contributed by atoms with Gasteiger partial charge < -0.3 is 14.8 Å². The van der Waals surface area contributed by atoms with Crippen molar-refractivity contribution >= 4 is 41.0 Å². The SMILES string of the molecule is CC[C@H](C)[C@@H](NC(=O)COC(=O)c1cc(F)c(Cl)cc1Cl)C(=O)OC. The molecule has 0 aromatic heterocycles. The molecule has 0 aliphatic rings. The third kappa shape index (κ3) is 5.86. The van der Waals surface area contributed by atoms with Gasteiger partial charge in [0, 0.05) is 0 Å². The van der Waals surface area contributed by atoms with Gasteiger partial charge in [0.1, 0.15) is 11.9 Å². The van der Waals surface area contributed by atoms with E-state index in [2.05, 4.69) is 10.1 Å². The first-order valence-corrected chi connectivity index (χ1v) is 8.15. The summed E-state index contributed by atoms with van der Waals surface area (Å²) in [4.78, 5) is 35.5. The number of rotatable bonds is 7. The lowest BCUT2D eigenvalue weighted by molar-refractivity contribution is -0.147. The van der Waals surface area contributed by atoms with Gasteiger partial charge >= 0.3 is 11.9 Å². The molecule has 25 heavy (non-hydrogen) atoms. The Morgan fingerprint density at radius 2 is 1.88 bits per heavy atom. The van der Waals surface area contributed by atoms with E-state index in [4.69, 9.17) is 27.9 Å². The number of ether oxygens (including phenoxy) is 2. The number of hydrogen-bond donors (Lipinski definition) is 1. The molecule has 1 rings (SSSR count). The van der Waals surface area contributed by atoms with Gasteiger partial charge in [0.15, 0.2) is 6.61 Å². The standard InChI is InChI=1S/C16H18Cl2FNO5/c1-4-8(2)14(16(23)24-3)20-13(21)7-25-15(22)9-5-12(19)11(18)6-10(9)17/h5-6,8,14H,4,7H2,1-3H3,(H,20,21)/t8-,14+/m0/s1. The summed E-state index contributed by atoms with van der Waals surface area (Å²) >= 11 is 11.3. The van der Waals surface area contributed by atoms with E-state index in [1.807, 2.05) is 6.92 Å². The molecule has 0 fully saturated rings. The van der Waals surface area contributed by atoms with Gasteiger partial charge in [-0.2, -0.15) is 0 Å². The maximum Gasteiger partial charge on any atom is 0.340 e. The fourth-order valence-corrected chi connectivity index (χ4v) is 2.36. The molecule has 1 aromatic carbocycles. The molecule has 0 saturated carbocycles. The zero-order valence-electron chi connectivity index (χ0n) is 13.9. The van der Waals surface area contributed by atoms with E-state index in [0.29, 0.717) is 6.42 Å². The lowest BCUT2D eigenvalue weighted by atomic mass is 9.99. The van der Waals surface area contributed by atoms with Crippen molar-refractivity contribution in [2.45, 2.75) is 26.3 Å². The summed E-state index contributed by atoms with van der Waals surface area (Å²) in [7, 11) is 1.21. The Morgan fingerprint density at radius 1 is 1.24 bits per heavy atom. The van der Waals surface area contributed by atoms with Crippen molar-refractivity contribution in [3.8, 4) is 0 Å². The summed E-state index contributed by atoms with van der Waals surface area (Å²) in [5, 5.41) is 2.09. The van der Waals surface area contributed by atoms with E-state index in [9.17, 15) is 18.8 Å². The molecule has 1 aromatic rings. The van der Waals surface area contributed by atoms with Crippen molar-refractivity contribution in [3.63, 3.8) is 0 Å². The van der Waals surface area contributed by atoms with Gasteiger partial charge in [-0.25, -0.2) is 14.0 Å². The van der Waals surface area contributed by atoms with Crippen LogP contribution >= 0.6 is 23.2 Å². The van der Waals surface area contributed by atoms with Crippen molar-refractivity contribution in [1.82, 2.24) is 5.32 Å². The van der Waals surface area contributed by atoms with Crippen LogP contribution < -0.4 is 5.32 Å². The van der Waals surface area contributed by atoms with Crippen LogP contribution in [0.3, 0.4) is 0 Å². The minimum absolute atomic E-state index is 0.108. The van der Waals surface area contributed by atoms with E-state index < -0.39 is 36.3 Å². The van der Waals surface area contributed by atoms with Gasteiger partial charge in [0.05, 0.1) is 22.7 Å². The van der Waals surface area contributed by atoms with Crippen LogP contribution in [0.15, 0.2) is 12.1 Å². The highest BCUT2D eigenvalue weighted by molar-refractivity contribution is 6.36. The summed E-state index contributed by atoms with van der Waals surface area (Å²) in [5.41, 5.74) is -0.261. The average molecular weight is 394 g/mol. The van der Waals surface area contributed by atoms with E-state index in [1.54, 1.807) is 6.92 Å². The quantitative estimate of drug-likeness (QED) is 0.568. The second-order valence-electron chi connectivity index (χ2n) is 5.28. The number of carbonyl (C=O) groups is 3. The molecule has 0 aliphatic carbocycles. The van der Waals surface area contributed by atoms with Crippen LogP contribution in [0, 0.1) is 11.7 Å². The largest absolute Gasteiger partial charge is 0.467 e. The van der Waals surface area contributed by atoms with Crippen LogP contribution in [0.4, 0.5) is 4.39 Å². The zero-order chi connectivity index (χ0) is 19.1. The number of methoxy groups -OCH3 is 1. The van der Waals surface area contributed by atoms with Gasteiger partial charge in [-0.05, 0) is 18.1 Å². The Labute approximate surface area is 154 Å². The second kappa shape index (κ2) is 9.58. The number of carbonyl (C=O) groups excluding carboxylic acids is 3. The lowest BCUT2D eigenvalue weighted by Gasteiger charge is -2.21. The predicted molar refractivity (Wildman–Crippen MR) is 90.1 cm³/mol. The monoisotopic (exact) mass is 393 g/mol. The zero-order valence-corrected chi connectivity index (χ0v) is 15.4. The van der Waals surface area contributed by atoms with E-state index in [0.717, 1.165) is 12.1 Å². The number of halogens is 3. The minimum atomic E-state index is -0.992. The van der Waals surface area contributed by atoms with Gasteiger partial charge in [-0.3, -0.25) is 4.79 Å². The van der Waals surface area contributed by atoms with E-state index >= 15 is 0 Å². The van der Waals surface area contributed by atoms with Crippen molar-refractivity contribution in [3.05, 3.63) is 33.6 Å². The molecule has 1 amide bonds. The van der Waals surface area contributed by atoms with Gasteiger partial charge in [0.25, 0.3) is 5.91 Å². The Bertz CT molecular complexity index is 668. The molecule has 0 heterocycles. The molecule has 138 valence electrons. The molecule has 0 aliphatic heterocycles. The van der Waals surface area contributed by atoms with Crippen LogP contribution in [-0.2, 0) is 19.1 Å². The summed E-state index contributed by atoms with van der Waals surface area (Å²) in [5.74, 6) is -3.31. The number of nitrogens with one attached hydrogen (secondary N) is 1. The Morgan fingerprint density at radius 3 is 2.44 bits per heavy atom. The Balaban J connectivity index is 2.70. The van der Waals surface area contributed by atoms with Crippen LogP contribution in [0.2, 0.25) is 10.0 Å². The molecular weight excluding hydrogens is 376 g/mol. The minimum Gasteiger partial charge on any atom is -0.467 e. The maximum absolute atomic E-state index is 13.4. The molecule has 2 atom stereocenters. The van der Waals surface area contributed by atoms with E-state index in [1.165, 1.54) is 7.11 Å². The molecule has 0 spiro atoms. The fourth-order valence-electron chi connectivity index (χ4n) is 1.90. The average Bonchev–Trinajstić information content (AvgIpc) is 2.59. The van der Waals surface area contributed by atoms with Crippen LogP contribution in [0.1, 0.15) is 30.6 Å². The van der Waals surface area contributed by atoms with Crippen LogP contribution in [-0.4, -0.2) is 37.6 Å². The summed E-state index contributed by atoms with van der Waals surface area (Å²) in [6.07, 6.45) is 0.624. The molecule has 9 heteroatoms. The third-order valence-corrected chi connectivity index (χ3v) is 4.15. The first kappa shape index (κ1) is 21.2. The summed E-state index contributed by atoms with van der Waals surface area (Å²) < 4.78 is 22.9. The first-order chi connectivity index (χ1) is 11.7. The predicted octanol–water partition coefficient (Wildman–Crippen LogP) is 2.99. The normalized spacial score (nSPS) is 12.9. The highest BCUT2D eigenvalue weighted by atomic mass is 35.5. The third-order valence-electron chi connectivity index (χ3n) is 3.55. The molecule has 6 nitrogen and oxygen atoms in total. The Kier molecular flexibility index (Phi) is 8.12. The number of benzene rings is 1. The molecule has 0 saturated heterocycles. The fraction of sp³-hybridized carbons (Fsp3) is 0.438. The lowest BCUT2D eigenvalue weighted by Crippen LogP contribution is -2.47. The molecule has 0 unspecified atom stereocenters. The molecular formula is C16H18Cl2FNO5. The molecule has 0 bridgehead atoms. The highest BCUT2D eigenvalue weighted by Crippen LogP contribution is 2.24. The summed E-state index contributed by atoms with van der Waals surface area (Å²) in [6.45, 7) is 2.96. The maximum atomic E-state index is 13.4.